The smallest absolute Gasteiger partial charge is 0.159 e. The number of nitrogen functional groups attached to an aromatic ring is 2. The summed E-state index contributed by atoms with van der Waals surface area (Å²) in [6.07, 6.45) is -4.35. The van der Waals surface area contributed by atoms with Crippen molar-refractivity contribution in [1.82, 2.24) is 19.9 Å². The normalized spacial score (nSPS) is 25.2. The minimum atomic E-state index is -1.26. The molecule has 10 N–H and O–H groups in total. The fraction of sp³-hybridized carbons (Fsp3) is 0.459. The molecule has 2 aromatic carbocycles. The Morgan fingerprint density at radius 3 is 1.22 bits per heavy atom. The van der Waals surface area contributed by atoms with Gasteiger partial charge in [0.2, 0.25) is 0 Å². The summed E-state index contributed by atoms with van der Waals surface area (Å²) >= 11 is 0. The van der Waals surface area contributed by atoms with Gasteiger partial charge in [-0.05, 0) is 48.2 Å². The average Bonchev–Trinajstić information content (AvgIpc) is 3.59. The molecule has 2 aliphatic rings. The first-order valence-electron chi connectivity index (χ1n) is 16.2. The van der Waals surface area contributed by atoms with Crippen molar-refractivity contribution < 1.29 is 48.2 Å². The Bertz CT molecular complexity index is 1720. The second-order valence-electron chi connectivity index (χ2n) is 13.0. The average molecular weight is 781 g/mol. The molecule has 0 aliphatic heterocycles. The second-order valence-corrected chi connectivity index (χ2v) is 13.0. The van der Waals surface area contributed by atoms with Crippen LogP contribution in [-0.4, -0.2) is 101 Å². The largest absolute Gasteiger partial charge is 0.390 e. The van der Waals surface area contributed by atoms with Gasteiger partial charge in [-0.25, -0.2) is 37.5 Å². The molecule has 6 rings (SSSR count). The number of likely N-dealkylation sites (N-methyl/N-ethyl adjacent to an activating group) is 2. The predicted molar refractivity (Wildman–Crippen MR) is 200 cm³/mol. The van der Waals surface area contributed by atoms with Crippen LogP contribution in [0.4, 0.5) is 40.8 Å². The zero-order chi connectivity index (χ0) is 38.0. The Morgan fingerprint density at radius 2 is 0.909 bits per heavy atom. The van der Waals surface area contributed by atoms with Crippen molar-refractivity contribution in [3.05, 3.63) is 95.6 Å². The number of hydrogen-bond donors (Lipinski definition) is 8. The Morgan fingerprint density at radius 1 is 0.564 bits per heavy atom. The lowest BCUT2D eigenvalue weighted by molar-refractivity contribution is -0.0232. The molecule has 2 fully saturated rings. The molecule has 2 saturated carbocycles. The van der Waals surface area contributed by atoms with Gasteiger partial charge in [0, 0.05) is 38.1 Å². The Labute approximate surface area is 317 Å². The quantitative estimate of drug-likeness (QED) is 0.120. The van der Waals surface area contributed by atoms with Gasteiger partial charge in [0.15, 0.2) is 23.3 Å². The standard InChI is InChI=1S/2C17H20F2N4O3.3CH4/c2*1-23(14-6-13(20)21-7-22-14)12-5-9(16(25)17(12)26)15(24)8-2-3-10(18)11(19)4-8;;;/h2*2-4,6-7,9,12,15-17,24-26H,5H2,1H3,(H2,20,21,22);3*1H4/t9-,12-,15+,16-,17+;9-,12-,15-,16-,17+;;;/m11.../s1. The number of benzene rings is 2. The van der Waals surface area contributed by atoms with Gasteiger partial charge in [-0.1, -0.05) is 34.4 Å². The number of aliphatic hydroxyl groups excluding tert-OH is 6. The molecule has 0 bridgehead atoms. The maximum Gasteiger partial charge on any atom is 0.159 e. The van der Waals surface area contributed by atoms with Crippen molar-refractivity contribution in [1.29, 1.82) is 0 Å². The van der Waals surface area contributed by atoms with Gasteiger partial charge < -0.3 is 51.9 Å². The van der Waals surface area contributed by atoms with E-state index in [0.717, 1.165) is 24.3 Å². The van der Waals surface area contributed by atoms with Gasteiger partial charge in [-0.2, -0.15) is 0 Å². The van der Waals surface area contributed by atoms with Crippen LogP contribution in [0.3, 0.4) is 0 Å². The maximum absolute atomic E-state index is 13.4. The fourth-order valence-corrected chi connectivity index (χ4v) is 6.82. The van der Waals surface area contributed by atoms with Crippen LogP contribution in [0.5, 0.6) is 0 Å². The van der Waals surface area contributed by atoms with E-state index in [4.69, 9.17) is 11.5 Å². The van der Waals surface area contributed by atoms with Crippen molar-refractivity contribution >= 4 is 23.3 Å². The predicted octanol–water partition coefficient (Wildman–Crippen LogP) is 3.14. The summed E-state index contributed by atoms with van der Waals surface area (Å²) in [4.78, 5) is 19.1. The van der Waals surface area contributed by atoms with Gasteiger partial charge in [-0.15, -0.1) is 0 Å². The number of hydrogen-bond acceptors (Lipinski definition) is 14. The lowest BCUT2D eigenvalue weighted by atomic mass is 9.92. The van der Waals surface area contributed by atoms with Crippen molar-refractivity contribution in [2.75, 3.05) is 35.4 Å². The summed E-state index contributed by atoms with van der Waals surface area (Å²) in [6.45, 7) is 0. The van der Waals surface area contributed by atoms with Crippen LogP contribution in [0.2, 0.25) is 0 Å². The summed E-state index contributed by atoms with van der Waals surface area (Å²) in [7, 11) is 3.35. The van der Waals surface area contributed by atoms with E-state index in [1.807, 2.05) is 0 Å². The molecule has 0 amide bonds. The van der Waals surface area contributed by atoms with Gasteiger partial charge in [-0.3, -0.25) is 0 Å². The highest BCUT2D eigenvalue weighted by atomic mass is 19.2. The molecule has 10 atom stereocenters. The third-order valence-electron chi connectivity index (χ3n) is 9.84. The van der Waals surface area contributed by atoms with Crippen LogP contribution in [0, 0.1) is 35.1 Å². The number of halogens is 4. The first-order chi connectivity index (χ1) is 24.6. The van der Waals surface area contributed by atoms with Gasteiger partial charge in [0.25, 0.3) is 0 Å². The molecule has 4 aromatic rings. The van der Waals surface area contributed by atoms with Gasteiger partial charge >= 0.3 is 0 Å². The van der Waals surface area contributed by atoms with Crippen LogP contribution < -0.4 is 21.3 Å². The summed E-state index contributed by atoms with van der Waals surface area (Å²) in [6, 6.07) is 8.07. The molecule has 0 spiro atoms. The lowest BCUT2D eigenvalue weighted by Crippen LogP contribution is -2.41. The molecular weight excluding hydrogens is 728 g/mol. The van der Waals surface area contributed by atoms with Gasteiger partial charge in [0.1, 0.15) is 48.1 Å². The molecule has 2 aliphatic carbocycles. The van der Waals surface area contributed by atoms with E-state index in [2.05, 4.69) is 19.9 Å². The van der Waals surface area contributed by atoms with E-state index in [1.54, 1.807) is 23.9 Å². The molecule has 2 aromatic heterocycles. The van der Waals surface area contributed by atoms with Crippen molar-refractivity contribution in [3.63, 3.8) is 0 Å². The van der Waals surface area contributed by atoms with E-state index in [0.29, 0.717) is 11.6 Å². The van der Waals surface area contributed by atoms with Crippen LogP contribution in [0.15, 0.2) is 61.2 Å². The number of rotatable bonds is 8. The zero-order valence-electron chi connectivity index (χ0n) is 28.0. The minimum absolute atomic E-state index is 0. The molecule has 0 unspecified atom stereocenters. The first kappa shape index (κ1) is 46.4. The lowest BCUT2D eigenvalue weighted by Gasteiger charge is -2.28. The molecule has 18 heteroatoms. The number of anilines is 4. The third-order valence-corrected chi connectivity index (χ3v) is 9.84. The Hall–Kier alpha value is -4.72. The van der Waals surface area contributed by atoms with Crippen LogP contribution >= 0.6 is 0 Å². The highest BCUT2D eigenvalue weighted by Crippen LogP contribution is 2.41. The van der Waals surface area contributed by atoms with Crippen LogP contribution in [0.25, 0.3) is 0 Å². The monoisotopic (exact) mass is 780 g/mol. The zero-order valence-corrected chi connectivity index (χ0v) is 28.0. The summed E-state index contributed by atoms with van der Waals surface area (Å²) < 4.78 is 53.0. The van der Waals surface area contributed by atoms with Crippen LogP contribution in [-0.2, 0) is 0 Å². The number of nitrogens with two attached hydrogens (primary N) is 2. The molecule has 14 nitrogen and oxygen atoms in total. The molecule has 55 heavy (non-hydrogen) atoms. The Balaban J connectivity index is 0.000000360. The number of nitrogens with zero attached hydrogens (tertiary/aromatic N) is 6. The van der Waals surface area contributed by atoms with E-state index in [1.165, 1.54) is 36.9 Å². The van der Waals surface area contributed by atoms with E-state index in [9.17, 15) is 48.2 Å². The number of aromatic nitrogens is 4. The SMILES string of the molecule is C.C.C.CN(c1cc(N)ncn1)[C@@H]1C[C@H]([C@@H](O)c2ccc(F)c(F)c2)[C@@H](O)[C@H]1O.CN(c1cc(N)ncn1)[C@@H]1C[C@H]([C@H](O)c2ccc(F)c(F)c2)[C@@H](O)[C@H]1O. The minimum Gasteiger partial charge on any atom is -0.390 e. The highest BCUT2D eigenvalue weighted by molar-refractivity contribution is 5.48. The van der Waals surface area contributed by atoms with Gasteiger partial charge in [0.05, 0.1) is 36.5 Å². The topological polar surface area (TPSA) is 231 Å². The van der Waals surface area contributed by atoms with Crippen molar-refractivity contribution in [2.45, 2.75) is 83.8 Å². The van der Waals surface area contributed by atoms with Crippen molar-refractivity contribution in [3.8, 4) is 0 Å². The Kier molecular flexibility index (Phi) is 16.2. The molecule has 304 valence electrons. The number of aliphatic hydroxyl groups is 6. The molecule has 0 radical (unpaired) electrons. The van der Waals surface area contributed by atoms with Crippen molar-refractivity contribution in [2.24, 2.45) is 11.8 Å². The van der Waals surface area contributed by atoms with Crippen LogP contribution in [0.1, 0.15) is 58.5 Å². The molecular formula is C37H52F4N8O6. The summed E-state index contributed by atoms with van der Waals surface area (Å²) in [5, 5.41) is 62.6. The first-order valence-corrected chi connectivity index (χ1v) is 16.2. The van der Waals surface area contributed by atoms with E-state index < -0.39 is 83.8 Å². The fourth-order valence-electron chi connectivity index (χ4n) is 6.82. The van der Waals surface area contributed by atoms with E-state index in [-0.39, 0.29) is 57.9 Å². The molecule has 2 heterocycles. The maximum atomic E-state index is 13.4. The summed E-state index contributed by atoms with van der Waals surface area (Å²) in [5.74, 6) is -4.31. The molecule has 0 saturated heterocycles. The summed E-state index contributed by atoms with van der Waals surface area (Å²) in [5.41, 5.74) is 11.5. The third kappa shape index (κ3) is 9.94. The van der Waals surface area contributed by atoms with E-state index >= 15 is 0 Å². The second kappa shape index (κ2) is 19.2. The highest BCUT2D eigenvalue weighted by Gasteiger charge is 2.48.